The first-order valence-electron chi connectivity index (χ1n) is 7.24. The first kappa shape index (κ1) is 15.4. The number of nitrogen functional groups attached to an aromatic ring is 1. The van der Waals surface area contributed by atoms with Crippen molar-refractivity contribution in [2.45, 2.75) is 18.4 Å². The van der Waals surface area contributed by atoms with Crippen LogP contribution in [0, 0.1) is 0 Å². The zero-order valence-corrected chi connectivity index (χ0v) is 12.2. The van der Waals surface area contributed by atoms with Gasteiger partial charge in [-0.15, -0.1) is 0 Å². The molecule has 0 saturated carbocycles. The van der Waals surface area contributed by atoms with Crippen molar-refractivity contribution in [3.63, 3.8) is 0 Å². The van der Waals surface area contributed by atoms with Gasteiger partial charge in [-0.1, -0.05) is 12.2 Å². The summed E-state index contributed by atoms with van der Waals surface area (Å²) in [6.45, 7) is 1.75. The molecule has 0 amide bonds. The van der Waals surface area contributed by atoms with Crippen molar-refractivity contribution in [1.82, 2.24) is 5.32 Å². The maximum atomic E-state index is 8.98. The highest BCUT2D eigenvalue weighted by Gasteiger charge is 2.22. The fourth-order valence-corrected chi connectivity index (χ4v) is 2.23. The molecule has 0 saturated heterocycles. The predicted molar refractivity (Wildman–Crippen MR) is 87.8 cm³/mol. The van der Waals surface area contributed by atoms with Crippen LogP contribution in [0.4, 0.5) is 11.4 Å². The Morgan fingerprint density at radius 2 is 1.86 bits per heavy atom. The molecule has 1 unspecified atom stereocenters. The predicted octanol–water partition coefficient (Wildman–Crippen LogP) is 1.19. The number of aliphatic hydroxyl groups excluding tert-OH is 1. The number of nitrogens with one attached hydrogen (secondary N) is 2. The van der Waals surface area contributed by atoms with Gasteiger partial charge < -0.3 is 27.2 Å². The lowest BCUT2D eigenvalue weighted by atomic mass is 9.88. The maximum absolute atomic E-state index is 8.98. The van der Waals surface area contributed by atoms with Crippen LogP contribution in [0.5, 0.6) is 0 Å². The zero-order valence-electron chi connectivity index (χ0n) is 12.2. The van der Waals surface area contributed by atoms with Crippen LogP contribution in [0.1, 0.15) is 12.8 Å². The first-order valence-corrected chi connectivity index (χ1v) is 7.24. The molecule has 5 heteroatoms. The summed E-state index contributed by atoms with van der Waals surface area (Å²) in [6.07, 6.45) is 7.38. The van der Waals surface area contributed by atoms with Crippen LogP contribution < -0.4 is 22.1 Å². The van der Waals surface area contributed by atoms with Crippen molar-refractivity contribution in [2.75, 3.05) is 30.7 Å². The summed E-state index contributed by atoms with van der Waals surface area (Å²) in [5, 5.41) is 15.7. The van der Waals surface area contributed by atoms with E-state index in [1.807, 2.05) is 36.4 Å². The topological polar surface area (TPSA) is 96.3 Å². The minimum absolute atomic E-state index is 0.114. The van der Waals surface area contributed by atoms with E-state index in [0.717, 1.165) is 36.6 Å². The molecule has 0 aliphatic heterocycles. The molecule has 1 aliphatic carbocycles. The van der Waals surface area contributed by atoms with Crippen LogP contribution in [0.15, 0.2) is 48.2 Å². The largest absolute Gasteiger partial charge is 0.399 e. The van der Waals surface area contributed by atoms with Gasteiger partial charge in [0.05, 0.1) is 0 Å². The molecule has 114 valence electrons. The third-order valence-electron chi connectivity index (χ3n) is 3.57. The second kappa shape index (κ2) is 7.15. The summed E-state index contributed by atoms with van der Waals surface area (Å²) in [6, 6.07) is 7.69. The van der Waals surface area contributed by atoms with Crippen LogP contribution in [-0.2, 0) is 0 Å². The van der Waals surface area contributed by atoms with Gasteiger partial charge in [0, 0.05) is 42.3 Å². The molecule has 0 heterocycles. The highest BCUT2D eigenvalue weighted by molar-refractivity contribution is 5.51. The Hall–Kier alpha value is -1.98. The summed E-state index contributed by atoms with van der Waals surface area (Å²) in [5.74, 6) is 0. The van der Waals surface area contributed by atoms with E-state index in [2.05, 4.69) is 16.7 Å². The quantitative estimate of drug-likeness (QED) is 0.384. The minimum atomic E-state index is -0.401. The summed E-state index contributed by atoms with van der Waals surface area (Å²) in [5.41, 5.74) is 14.3. The fraction of sp³-hybridized carbons (Fsp3) is 0.375. The molecule has 0 radical (unpaired) electrons. The molecule has 21 heavy (non-hydrogen) atoms. The van der Waals surface area contributed by atoms with Crippen molar-refractivity contribution < 1.29 is 5.11 Å². The minimum Gasteiger partial charge on any atom is -0.399 e. The fourth-order valence-electron chi connectivity index (χ4n) is 2.23. The normalized spacial score (nSPS) is 21.0. The van der Waals surface area contributed by atoms with E-state index < -0.39 is 5.54 Å². The van der Waals surface area contributed by atoms with Crippen LogP contribution in [0.2, 0.25) is 0 Å². The van der Waals surface area contributed by atoms with Gasteiger partial charge in [0.15, 0.2) is 0 Å². The number of allylic oxidation sites excluding steroid dienone is 1. The molecule has 0 bridgehead atoms. The van der Waals surface area contributed by atoms with E-state index in [1.165, 1.54) is 0 Å². The smallest absolute Gasteiger partial charge is 0.0451 e. The van der Waals surface area contributed by atoms with E-state index in [0.29, 0.717) is 6.42 Å². The van der Waals surface area contributed by atoms with Crippen LogP contribution in [0.3, 0.4) is 0 Å². The lowest BCUT2D eigenvalue weighted by Gasteiger charge is -2.27. The number of hydrogen-bond acceptors (Lipinski definition) is 5. The molecular weight excluding hydrogens is 264 g/mol. The van der Waals surface area contributed by atoms with E-state index in [9.17, 15) is 0 Å². The zero-order chi connectivity index (χ0) is 15.1. The molecule has 5 nitrogen and oxygen atoms in total. The molecule has 1 aromatic carbocycles. The number of anilines is 2. The van der Waals surface area contributed by atoms with Crippen molar-refractivity contribution >= 4 is 11.4 Å². The van der Waals surface area contributed by atoms with E-state index in [1.54, 1.807) is 0 Å². The Kier molecular flexibility index (Phi) is 5.25. The Bertz CT molecular complexity index is 510. The summed E-state index contributed by atoms with van der Waals surface area (Å²) >= 11 is 0. The molecule has 1 aromatic rings. The average Bonchev–Trinajstić information content (AvgIpc) is 2.48. The first-order chi connectivity index (χ1) is 10.1. The summed E-state index contributed by atoms with van der Waals surface area (Å²) < 4.78 is 0. The number of hydrogen-bond donors (Lipinski definition) is 5. The highest BCUT2D eigenvalue weighted by atomic mass is 16.3. The van der Waals surface area contributed by atoms with E-state index in [-0.39, 0.29) is 6.61 Å². The van der Waals surface area contributed by atoms with Gasteiger partial charge in [-0.25, -0.2) is 0 Å². The monoisotopic (exact) mass is 288 g/mol. The van der Waals surface area contributed by atoms with Crippen molar-refractivity contribution in [3.8, 4) is 0 Å². The van der Waals surface area contributed by atoms with E-state index in [4.69, 9.17) is 16.6 Å². The molecule has 2 rings (SSSR count). The van der Waals surface area contributed by atoms with Gasteiger partial charge in [0.2, 0.25) is 0 Å². The molecule has 0 fully saturated rings. The molecule has 7 N–H and O–H groups in total. The van der Waals surface area contributed by atoms with Gasteiger partial charge in [-0.2, -0.15) is 0 Å². The lowest BCUT2D eigenvalue weighted by molar-refractivity contribution is 0.257. The van der Waals surface area contributed by atoms with Crippen LogP contribution in [-0.4, -0.2) is 30.3 Å². The SMILES string of the molecule is Nc1ccc(NCCNC2=CCC(N)(CCO)C=C2)cc1. The number of benzene rings is 1. The molecular formula is C16H24N4O. The van der Waals surface area contributed by atoms with Crippen molar-refractivity contribution in [3.05, 3.63) is 48.2 Å². The lowest BCUT2D eigenvalue weighted by Crippen LogP contribution is -2.40. The van der Waals surface area contributed by atoms with Gasteiger partial charge in [-0.05, 0) is 43.2 Å². The van der Waals surface area contributed by atoms with Crippen molar-refractivity contribution in [2.24, 2.45) is 5.73 Å². The molecule has 1 aliphatic rings. The van der Waals surface area contributed by atoms with Gasteiger partial charge in [0.25, 0.3) is 0 Å². The Labute approximate surface area is 125 Å². The van der Waals surface area contributed by atoms with Gasteiger partial charge in [-0.3, -0.25) is 0 Å². The third-order valence-corrected chi connectivity index (χ3v) is 3.57. The van der Waals surface area contributed by atoms with Crippen molar-refractivity contribution in [1.29, 1.82) is 0 Å². The van der Waals surface area contributed by atoms with Gasteiger partial charge in [0.1, 0.15) is 0 Å². The summed E-state index contributed by atoms with van der Waals surface area (Å²) in [4.78, 5) is 0. The van der Waals surface area contributed by atoms with E-state index >= 15 is 0 Å². The van der Waals surface area contributed by atoms with Crippen LogP contribution in [0.25, 0.3) is 0 Å². The molecule has 0 aromatic heterocycles. The molecule has 0 spiro atoms. The number of aliphatic hydroxyl groups is 1. The third kappa shape index (κ3) is 4.81. The second-order valence-electron chi connectivity index (χ2n) is 5.38. The molecule has 1 atom stereocenters. The van der Waals surface area contributed by atoms with Gasteiger partial charge >= 0.3 is 0 Å². The maximum Gasteiger partial charge on any atom is 0.0451 e. The number of nitrogens with two attached hydrogens (primary N) is 2. The highest BCUT2D eigenvalue weighted by Crippen LogP contribution is 2.20. The Morgan fingerprint density at radius 3 is 2.48 bits per heavy atom. The standard InChI is InChI=1S/C16H24N4O/c17-13-1-3-14(4-2-13)19-10-11-20-15-5-7-16(18,8-6-15)9-12-21/h1-7,19-21H,8-12,17-18H2. The Balaban J connectivity index is 1.69. The Morgan fingerprint density at radius 1 is 1.14 bits per heavy atom. The summed E-state index contributed by atoms with van der Waals surface area (Å²) in [7, 11) is 0. The van der Waals surface area contributed by atoms with Crippen LogP contribution >= 0.6 is 0 Å². The second-order valence-corrected chi connectivity index (χ2v) is 5.38. The average molecular weight is 288 g/mol. The number of rotatable bonds is 7.